The Labute approximate surface area is 193 Å². The van der Waals surface area contributed by atoms with Gasteiger partial charge in [-0.25, -0.2) is 0 Å². The summed E-state index contributed by atoms with van der Waals surface area (Å²) in [5.41, 5.74) is 10.6. The van der Waals surface area contributed by atoms with Crippen molar-refractivity contribution in [1.82, 2.24) is 0 Å². The molecule has 2 spiro atoms. The van der Waals surface area contributed by atoms with E-state index < -0.39 is 0 Å². The third-order valence-electron chi connectivity index (χ3n) is 11.4. The number of anilines is 1. The molecular formula is C29H40N2O. The van der Waals surface area contributed by atoms with Gasteiger partial charge in [0.05, 0.1) is 6.54 Å². The number of nitrogens with zero attached hydrogens (tertiary/aromatic N) is 1. The highest BCUT2D eigenvalue weighted by Gasteiger charge is 2.85. The largest absolute Gasteiger partial charge is 0.399 e. The standard InChI is InChI=1S/C29H40N2O/c1-19(31-18-23(32)17-20-6-8-22(30)9-7-20)24-10-11-25-27(24,2)15-13-26-28-14-4-3-5-21(28)12-16-29(25,26)28/h6-9,21,24-26H,3-5,10-18,30H2,1-2H3. The molecule has 3 heteroatoms. The fraction of sp³-hybridized carbons (Fsp3) is 0.724. The number of nitrogens with two attached hydrogens (primary N) is 1. The van der Waals surface area contributed by atoms with Crippen molar-refractivity contribution in [1.29, 1.82) is 0 Å². The summed E-state index contributed by atoms with van der Waals surface area (Å²) >= 11 is 0. The number of benzene rings is 1. The molecule has 0 saturated heterocycles. The number of hydrogen-bond acceptors (Lipinski definition) is 3. The molecule has 1 aromatic carbocycles. The predicted molar refractivity (Wildman–Crippen MR) is 131 cm³/mol. The molecule has 32 heavy (non-hydrogen) atoms. The van der Waals surface area contributed by atoms with Gasteiger partial charge in [0.15, 0.2) is 5.78 Å². The lowest BCUT2D eigenvalue weighted by atomic mass is 9.59. The normalized spacial score (nSPS) is 44.4. The number of carbonyl (C=O) groups is 1. The van der Waals surface area contributed by atoms with Crippen molar-refractivity contribution in [3.05, 3.63) is 29.8 Å². The summed E-state index contributed by atoms with van der Waals surface area (Å²) in [7, 11) is 0. The van der Waals surface area contributed by atoms with E-state index in [0.717, 1.165) is 34.4 Å². The van der Waals surface area contributed by atoms with E-state index in [-0.39, 0.29) is 5.78 Å². The first-order valence-electron chi connectivity index (χ1n) is 13.3. The Morgan fingerprint density at radius 2 is 1.78 bits per heavy atom. The summed E-state index contributed by atoms with van der Waals surface area (Å²) in [5.74, 6) is 3.77. The Hall–Kier alpha value is -1.64. The molecule has 0 aromatic heterocycles. The number of Topliss-reactive ketones (excluding diaryl/α,β-unsaturated/α-hetero) is 1. The molecule has 7 unspecified atom stereocenters. The van der Waals surface area contributed by atoms with E-state index in [9.17, 15) is 4.79 Å². The number of hydrogen-bond donors (Lipinski definition) is 1. The third-order valence-corrected chi connectivity index (χ3v) is 11.4. The summed E-state index contributed by atoms with van der Waals surface area (Å²) in [6.07, 6.45) is 15.0. The van der Waals surface area contributed by atoms with Gasteiger partial charge in [-0.3, -0.25) is 9.79 Å². The van der Waals surface area contributed by atoms with Crippen molar-refractivity contribution in [2.24, 2.45) is 44.9 Å². The van der Waals surface area contributed by atoms with E-state index in [2.05, 4.69) is 13.8 Å². The zero-order chi connectivity index (χ0) is 22.1. The molecular weight excluding hydrogens is 392 g/mol. The predicted octanol–water partition coefficient (Wildman–Crippen LogP) is 6.25. The van der Waals surface area contributed by atoms with Crippen LogP contribution in [0.5, 0.6) is 0 Å². The Morgan fingerprint density at radius 1 is 0.969 bits per heavy atom. The minimum absolute atomic E-state index is 0.207. The number of nitrogen functional groups attached to an aromatic ring is 1. The summed E-state index contributed by atoms with van der Waals surface area (Å²) in [6, 6.07) is 7.65. The summed E-state index contributed by atoms with van der Waals surface area (Å²) < 4.78 is 0. The number of aliphatic imine (C=N–C) groups is 1. The highest BCUT2D eigenvalue weighted by Crippen LogP contribution is 2.91. The first kappa shape index (κ1) is 20.9. The van der Waals surface area contributed by atoms with E-state index >= 15 is 0 Å². The van der Waals surface area contributed by atoms with Gasteiger partial charge < -0.3 is 5.73 Å². The molecule has 0 heterocycles. The van der Waals surface area contributed by atoms with Crippen LogP contribution in [-0.2, 0) is 11.2 Å². The number of carbonyl (C=O) groups excluding carboxylic acids is 1. The Kier molecular flexibility index (Phi) is 4.69. The van der Waals surface area contributed by atoms with Crippen molar-refractivity contribution < 1.29 is 4.79 Å². The zero-order valence-electron chi connectivity index (χ0n) is 20.0. The molecule has 0 bridgehead atoms. The Balaban J connectivity index is 1.17. The van der Waals surface area contributed by atoms with Gasteiger partial charge in [-0.15, -0.1) is 0 Å². The van der Waals surface area contributed by atoms with Crippen molar-refractivity contribution >= 4 is 17.2 Å². The molecule has 5 fully saturated rings. The van der Waals surface area contributed by atoms with Crippen LogP contribution in [0, 0.1) is 39.9 Å². The molecule has 7 atom stereocenters. The molecule has 6 rings (SSSR count). The van der Waals surface area contributed by atoms with Gasteiger partial charge in [0.1, 0.15) is 0 Å². The minimum Gasteiger partial charge on any atom is -0.399 e. The molecule has 3 nitrogen and oxygen atoms in total. The van der Waals surface area contributed by atoms with Crippen LogP contribution < -0.4 is 5.73 Å². The van der Waals surface area contributed by atoms with E-state index in [4.69, 9.17) is 10.7 Å². The summed E-state index contributed by atoms with van der Waals surface area (Å²) in [5, 5.41) is 0. The minimum atomic E-state index is 0.207. The fourth-order valence-electron chi connectivity index (χ4n) is 10.4. The van der Waals surface area contributed by atoms with Crippen molar-refractivity contribution in [2.75, 3.05) is 12.3 Å². The van der Waals surface area contributed by atoms with Gasteiger partial charge in [0.25, 0.3) is 0 Å². The number of fused-ring (bicyclic) bond motifs is 1. The van der Waals surface area contributed by atoms with Gasteiger partial charge in [0.2, 0.25) is 0 Å². The Morgan fingerprint density at radius 3 is 2.59 bits per heavy atom. The molecule has 0 aliphatic heterocycles. The van der Waals surface area contributed by atoms with Crippen LogP contribution in [0.2, 0.25) is 0 Å². The van der Waals surface area contributed by atoms with Crippen LogP contribution in [0.1, 0.15) is 83.6 Å². The molecule has 5 aliphatic carbocycles. The van der Waals surface area contributed by atoms with Crippen LogP contribution in [0.4, 0.5) is 5.69 Å². The maximum absolute atomic E-state index is 12.6. The second-order valence-electron chi connectivity index (χ2n) is 12.3. The number of rotatable bonds is 5. The van der Waals surface area contributed by atoms with Gasteiger partial charge in [-0.2, -0.15) is 0 Å². The van der Waals surface area contributed by atoms with Gasteiger partial charge in [-0.1, -0.05) is 31.9 Å². The van der Waals surface area contributed by atoms with Crippen LogP contribution >= 0.6 is 0 Å². The molecule has 1 aromatic rings. The lowest BCUT2D eigenvalue weighted by Gasteiger charge is -2.45. The summed E-state index contributed by atoms with van der Waals surface area (Å²) in [6.45, 7) is 5.16. The van der Waals surface area contributed by atoms with Crippen LogP contribution in [0.15, 0.2) is 29.3 Å². The van der Waals surface area contributed by atoms with Crippen LogP contribution in [0.3, 0.4) is 0 Å². The molecule has 0 radical (unpaired) electrons. The average molecular weight is 433 g/mol. The second-order valence-corrected chi connectivity index (χ2v) is 12.3. The van der Waals surface area contributed by atoms with Gasteiger partial charge in [0, 0.05) is 23.7 Å². The van der Waals surface area contributed by atoms with E-state index in [1.807, 2.05) is 24.3 Å². The molecule has 5 aliphatic rings. The molecule has 0 amide bonds. The first-order valence-corrected chi connectivity index (χ1v) is 13.3. The van der Waals surface area contributed by atoms with E-state index in [1.54, 1.807) is 0 Å². The van der Waals surface area contributed by atoms with Crippen molar-refractivity contribution in [3.63, 3.8) is 0 Å². The zero-order valence-corrected chi connectivity index (χ0v) is 20.0. The van der Waals surface area contributed by atoms with E-state index in [0.29, 0.717) is 29.7 Å². The number of ketones is 1. The maximum Gasteiger partial charge on any atom is 0.158 e. The smallest absolute Gasteiger partial charge is 0.158 e. The topological polar surface area (TPSA) is 55.5 Å². The fourth-order valence-corrected chi connectivity index (χ4v) is 10.4. The van der Waals surface area contributed by atoms with Crippen LogP contribution in [0.25, 0.3) is 0 Å². The average Bonchev–Trinajstić information content (AvgIpc) is 3.04. The molecule has 5 saturated carbocycles. The first-order chi connectivity index (χ1) is 15.4. The summed E-state index contributed by atoms with van der Waals surface area (Å²) in [4.78, 5) is 17.5. The van der Waals surface area contributed by atoms with Gasteiger partial charge >= 0.3 is 0 Å². The van der Waals surface area contributed by atoms with Crippen LogP contribution in [-0.4, -0.2) is 18.0 Å². The quantitative estimate of drug-likeness (QED) is 0.441. The van der Waals surface area contributed by atoms with E-state index in [1.165, 1.54) is 69.9 Å². The molecule has 2 N–H and O–H groups in total. The van der Waals surface area contributed by atoms with Crippen molar-refractivity contribution in [2.45, 2.75) is 84.5 Å². The lowest BCUT2D eigenvalue weighted by molar-refractivity contribution is -0.117. The SMILES string of the molecule is CC(=NCC(=O)Cc1ccc(N)cc1)C1CCC2C1(C)CCC1C34CCCCC3CCC214. The molecule has 172 valence electrons. The monoisotopic (exact) mass is 432 g/mol. The van der Waals surface area contributed by atoms with Gasteiger partial charge in [-0.05, 0) is 110 Å². The highest BCUT2D eigenvalue weighted by atomic mass is 16.1. The maximum atomic E-state index is 12.6. The second kappa shape index (κ2) is 7.18. The highest BCUT2D eigenvalue weighted by molar-refractivity contribution is 5.90. The Bertz CT molecular complexity index is 950. The third kappa shape index (κ3) is 2.66. The van der Waals surface area contributed by atoms with Crippen molar-refractivity contribution in [3.8, 4) is 0 Å². The lowest BCUT2D eigenvalue weighted by Crippen LogP contribution is -2.40.